The maximum absolute atomic E-state index is 6.51. The molecule has 0 aromatic heterocycles. The van der Waals surface area contributed by atoms with Crippen molar-refractivity contribution in [2.45, 2.75) is 38.9 Å². The van der Waals surface area contributed by atoms with Gasteiger partial charge in [-0.3, -0.25) is 0 Å². The smallest absolute Gasteiger partial charge is 0.0836 e. The van der Waals surface area contributed by atoms with Crippen molar-refractivity contribution in [1.29, 1.82) is 0 Å². The monoisotopic (exact) mass is 306 g/mol. The molecule has 0 saturated heterocycles. The molecule has 2 unspecified atom stereocenters. The fraction of sp³-hybridized carbons (Fsp3) is 0.273. The van der Waals surface area contributed by atoms with Crippen LogP contribution in [0.25, 0.3) is 12.2 Å². The molecule has 0 aliphatic carbocycles. The Hall–Kier alpha value is -2.12. The van der Waals surface area contributed by atoms with Crippen molar-refractivity contribution in [1.82, 2.24) is 0 Å². The maximum Gasteiger partial charge on any atom is 0.0836 e. The number of ether oxygens (including phenoxy) is 1. The number of hydrogen-bond acceptors (Lipinski definition) is 1. The van der Waals surface area contributed by atoms with Crippen LogP contribution in [0.15, 0.2) is 61.7 Å². The molecule has 0 radical (unpaired) electrons. The summed E-state index contributed by atoms with van der Waals surface area (Å²) in [5.74, 6) is 0. The van der Waals surface area contributed by atoms with E-state index < -0.39 is 0 Å². The van der Waals surface area contributed by atoms with Gasteiger partial charge >= 0.3 is 0 Å². The molecule has 1 nitrogen and oxygen atoms in total. The second-order valence-corrected chi connectivity index (χ2v) is 5.60. The van der Waals surface area contributed by atoms with Crippen molar-refractivity contribution >= 4 is 12.2 Å². The SMILES string of the molecule is C=Cc1ccccc1C(CC)OC(CC)c1ccccc1C=C. The third-order valence-electron chi connectivity index (χ3n) is 4.20. The van der Waals surface area contributed by atoms with Crippen molar-refractivity contribution in [3.05, 3.63) is 83.9 Å². The molecule has 0 amide bonds. The van der Waals surface area contributed by atoms with Gasteiger partial charge in [0.25, 0.3) is 0 Å². The van der Waals surface area contributed by atoms with Crippen LogP contribution in [0, 0.1) is 0 Å². The van der Waals surface area contributed by atoms with Crippen molar-refractivity contribution in [2.75, 3.05) is 0 Å². The van der Waals surface area contributed by atoms with Crippen molar-refractivity contribution in [3.63, 3.8) is 0 Å². The van der Waals surface area contributed by atoms with Crippen LogP contribution in [0.1, 0.15) is 61.2 Å². The van der Waals surface area contributed by atoms with E-state index in [9.17, 15) is 0 Å². The van der Waals surface area contributed by atoms with E-state index in [1.54, 1.807) is 0 Å². The Bertz CT molecular complexity index is 599. The summed E-state index contributed by atoms with van der Waals surface area (Å²) in [7, 11) is 0. The minimum atomic E-state index is 0.0621. The van der Waals surface area contributed by atoms with Crippen LogP contribution < -0.4 is 0 Å². The molecule has 0 heterocycles. The lowest BCUT2D eigenvalue weighted by molar-refractivity contribution is -0.0193. The molecule has 0 saturated carbocycles. The van der Waals surface area contributed by atoms with Gasteiger partial charge in [-0.05, 0) is 35.1 Å². The van der Waals surface area contributed by atoms with E-state index in [0.29, 0.717) is 0 Å². The van der Waals surface area contributed by atoms with Gasteiger partial charge in [0, 0.05) is 0 Å². The Kier molecular flexibility index (Phi) is 6.37. The molecule has 0 fully saturated rings. The minimum Gasteiger partial charge on any atom is -0.366 e. The Morgan fingerprint density at radius 3 is 1.52 bits per heavy atom. The van der Waals surface area contributed by atoms with Gasteiger partial charge in [-0.2, -0.15) is 0 Å². The quantitative estimate of drug-likeness (QED) is 0.534. The predicted molar refractivity (Wildman–Crippen MR) is 100 cm³/mol. The largest absolute Gasteiger partial charge is 0.366 e. The zero-order valence-electron chi connectivity index (χ0n) is 14.2. The number of rotatable bonds is 8. The first-order valence-electron chi connectivity index (χ1n) is 8.33. The fourth-order valence-corrected chi connectivity index (χ4v) is 2.96. The highest BCUT2D eigenvalue weighted by molar-refractivity contribution is 5.53. The minimum absolute atomic E-state index is 0.0621. The van der Waals surface area contributed by atoms with E-state index >= 15 is 0 Å². The highest BCUT2D eigenvalue weighted by Gasteiger charge is 2.20. The molecule has 0 N–H and O–H groups in total. The van der Waals surface area contributed by atoms with E-state index in [2.05, 4.69) is 63.4 Å². The average Bonchev–Trinajstić information content (AvgIpc) is 2.63. The van der Waals surface area contributed by atoms with E-state index in [1.807, 2.05) is 24.3 Å². The van der Waals surface area contributed by atoms with Crippen molar-refractivity contribution in [3.8, 4) is 0 Å². The fourth-order valence-electron chi connectivity index (χ4n) is 2.96. The zero-order chi connectivity index (χ0) is 16.7. The molecule has 0 bridgehead atoms. The van der Waals surface area contributed by atoms with Gasteiger partial charge in [-0.1, -0.05) is 87.7 Å². The van der Waals surface area contributed by atoms with Crippen LogP contribution in [0.4, 0.5) is 0 Å². The summed E-state index contributed by atoms with van der Waals surface area (Å²) >= 11 is 0. The Labute approximate surface area is 140 Å². The first kappa shape index (κ1) is 17.2. The summed E-state index contributed by atoms with van der Waals surface area (Å²) in [6.45, 7) is 12.2. The van der Waals surface area contributed by atoms with Gasteiger partial charge in [0.15, 0.2) is 0 Å². The molecule has 0 aliphatic rings. The molecule has 23 heavy (non-hydrogen) atoms. The lowest BCUT2D eigenvalue weighted by Gasteiger charge is -2.26. The Balaban J connectivity index is 2.32. The summed E-state index contributed by atoms with van der Waals surface area (Å²) in [5, 5.41) is 0. The first-order valence-corrected chi connectivity index (χ1v) is 8.33. The highest BCUT2D eigenvalue weighted by atomic mass is 16.5. The summed E-state index contributed by atoms with van der Waals surface area (Å²) in [6, 6.07) is 16.7. The average molecular weight is 306 g/mol. The second kappa shape index (κ2) is 8.50. The van der Waals surface area contributed by atoms with Gasteiger partial charge < -0.3 is 4.74 Å². The van der Waals surface area contributed by atoms with Gasteiger partial charge in [0.2, 0.25) is 0 Å². The van der Waals surface area contributed by atoms with E-state index in [-0.39, 0.29) is 12.2 Å². The van der Waals surface area contributed by atoms with E-state index in [1.165, 1.54) is 11.1 Å². The summed E-state index contributed by atoms with van der Waals surface area (Å²) in [4.78, 5) is 0. The lowest BCUT2D eigenvalue weighted by Crippen LogP contribution is -2.11. The molecular formula is C22H26O. The van der Waals surface area contributed by atoms with Crippen molar-refractivity contribution < 1.29 is 4.74 Å². The van der Waals surface area contributed by atoms with Crippen molar-refractivity contribution in [2.24, 2.45) is 0 Å². The molecule has 2 rings (SSSR count). The normalized spacial score (nSPS) is 13.3. The van der Waals surface area contributed by atoms with Crippen LogP contribution in [-0.4, -0.2) is 0 Å². The molecular weight excluding hydrogens is 280 g/mol. The van der Waals surface area contributed by atoms with Crippen LogP contribution in [0.5, 0.6) is 0 Å². The number of hydrogen-bond donors (Lipinski definition) is 0. The molecule has 2 atom stereocenters. The van der Waals surface area contributed by atoms with E-state index in [4.69, 9.17) is 4.74 Å². The third kappa shape index (κ3) is 4.00. The standard InChI is InChI=1S/C22H26O/c1-5-17-13-9-11-15-19(17)21(7-3)23-22(8-4)20-16-12-10-14-18(20)6-2/h5-6,9-16,21-22H,1-2,7-8H2,3-4H3. The Morgan fingerprint density at radius 2 is 1.17 bits per heavy atom. The van der Waals surface area contributed by atoms with Gasteiger partial charge in [-0.15, -0.1) is 0 Å². The third-order valence-corrected chi connectivity index (χ3v) is 4.20. The van der Waals surface area contributed by atoms with E-state index in [0.717, 1.165) is 24.0 Å². The molecule has 2 aromatic rings. The topological polar surface area (TPSA) is 9.23 Å². The Morgan fingerprint density at radius 1 is 0.783 bits per heavy atom. The molecule has 1 heteroatoms. The second-order valence-electron chi connectivity index (χ2n) is 5.60. The summed E-state index contributed by atoms with van der Waals surface area (Å²) in [5.41, 5.74) is 4.71. The lowest BCUT2D eigenvalue weighted by atomic mass is 9.98. The summed E-state index contributed by atoms with van der Waals surface area (Å²) in [6.07, 6.45) is 5.79. The van der Waals surface area contributed by atoms with Crippen LogP contribution in [0.3, 0.4) is 0 Å². The zero-order valence-corrected chi connectivity index (χ0v) is 14.2. The molecule has 0 spiro atoms. The maximum atomic E-state index is 6.51. The molecule has 2 aromatic carbocycles. The predicted octanol–water partition coefficient (Wildman–Crippen LogP) is 6.59. The molecule has 120 valence electrons. The molecule has 0 aliphatic heterocycles. The first-order chi connectivity index (χ1) is 11.2. The summed E-state index contributed by atoms with van der Waals surface area (Å²) < 4.78 is 6.51. The van der Waals surface area contributed by atoms with Crippen LogP contribution in [-0.2, 0) is 4.74 Å². The van der Waals surface area contributed by atoms with Gasteiger partial charge in [0.05, 0.1) is 12.2 Å². The van der Waals surface area contributed by atoms with Gasteiger partial charge in [-0.25, -0.2) is 0 Å². The number of benzene rings is 2. The van der Waals surface area contributed by atoms with Crippen LogP contribution in [0.2, 0.25) is 0 Å². The highest BCUT2D eigenvalue weighted by Crippen LogP contribution is 2.34. The van der Waals surface area contributed by atoms with Gasteiger partial charge in [0.1, 0.15) is 0 Å². The van der Waals surface area contributed by atoms with Crippen LogP contribution >= 0.6 is 0 Å².